The SMILES string of the molecule is Cc1cc(OCC#CCOc2ccc(CC(C)C)cc2)cc(=O)o1. The summed E-state index contributed by atoms with van der Waals surface area (Å²) < 4.78 is 15.8. The standard InChI is InChI=1S/C20H22O4/c1-15(2)12-17-6-8-18(9-7-17)22-10-4-5-11-23-19-13-16(3)24-20(21)14-19/h6-9,13-15H,10-12H2,1-3H3. The van der Waals surface area contributed by atoms with Crippen LogP contribution in [0.25, 0.3) is 0 Å². The fraction of sp³-hybridized carbons (Fsp3) is 0.350. The lowest BCUT2D eigenvalue weighted by molar-refractivity contribution is 0.355. The van der Waals surface area contributed by atoms with Gasteiger partial charge in [-0.05, 0) is 37.0 Å². The Morgan fingerprint density at radius 3 is 2.21 bits per heavy atom. The zero-order chi connectivity index (χ0) is 17.4. The first-order valence-corrected chi connectivity index (χ1v) is 7.95. The summed E-state index contributed by atoms with van der Waals surface area (Å²) in [7, 11) is 0. The molecule has 0 bridgehead atoms. The largest absolute Gasteiger partial charge is 0.481 e. The van der Waals surface area contributed by atoms with Crippen molar-refractivity contribution in [3.8, 4) is 23.3 Å². The topological polar surface area (TPSA) is 48.7 Å². The van der Waals surface area contributed by atoms with E-state index in [4.69, 9.17) is 13.9 Å². The molecule has 0 fully saturated rings. The molecule has 0 unspecified atom stereocenters. The van der Waals surface area contributed by atoms with Gasteiger partial charge in [0.15, 0.2) is 0 Å². The van der Waals surface area contributed by atoms with E-state index in [9.17, 15) is 4.79 Å². The molecule has 0 amide bonds. The Labute approximate surface area is 142 Å². The van der Waals surface area contributed by atoms with Crippen molar-refractivity contribution in [3.63, 3.8) is 0 Å². The minimum atomic E-state index is -0.429. The molecule has 0 saturated heterocycles. The summed E-state index contributed by atoms with van der Waals surface area (Å²) in [5.41, 5.74) is 0.877. The first kappa shape index (κ1) is 17.7. The molecule has 126 valence electrons. The third-order valence-electron chi connectivity index (χ3n) is 3.18. The van der Waals surface area contributed by atoms with Gasteiger partial charge in [-0.2, -0.15) is 0 Å². The minimum Gasteiger partial charge on any atom is -0.481 e. The van der Waals surface area contributed by atoms with Crippen molar-refractivity contribution in [2.45, 2.75) is 27.2 Å². The molecule has 1 aromatic carbocycles. The Bertz CT molecular complexity index is 761. The van der Waals surface area contributed by atoms with Crippen LogP contribution in [0, 0.1) is 24.7 Å². The van der Waals surface area contributed by atoms with Gasteiger partial charge in [0.05, 0.1) is 6.07 Å². The van der Waals surface area contributed by atoms with Gasteiger partial charge in [0.2, 0.25) is 0 Å². The highest BCUT2D eigenvalue weighted by Crippen LogP contribution is 2.14. The van der Waals surface area contributed by atoms with E-state index in [0.717, 1.165) is 12.2 Å². The van der Waals surface area contributed by atoms with Crippen molar-refractivity contribution in [1.29, 1.82) is 0 Å². The normalized spacial score (nSPS) is 10.2. The van der Waals surface area contributed by atoms with Crippen molar-refractivity contribution in [3.05, 3.63) is 58.1 Å². The summed E-state index contributed by atoms with van der Waals surface area (Å²) in [6, 6.07) is 11.0. The van der Waals surface area contributed by atoms with Crippen LogP contribution in [0.1, 0.15) is 25.2 Å². The molecular formula is C20H22O4. The molecule has 0 atom stereocenters. The second-order valence-electron chi connectivity index (χ2n) is 5.90. The predicted octanol–water partition coefficient (Wildman–Crippen LogP) is 3.61. The van der Waals surface area contributed by atoms with Crippen LogP contribution < -0.4 is 15.1 Å². The van der Waals surface area contributed by atoms with Crippen molar-refractivity contribution in [2.75, 3.05) is 13.2 Å². The number of ether oxygens (including phenoxy) is 2. The third kappa shape index (κ3) is 6.21. The van der Waals surface area contributed by atoms with Crippen molar-refractivity contribution in [1.82, 2.24) is 0 Å². The summed E-state index contributed by atoms with van der Waals surface area (Å²) >= 11 is 0. The van der Waals surface area contributed by atoms with Crippen LogP contribution in [-0.2, 0) is 6.42 Å². The zero-order valence-corrected chi connectivity index (χ0v) is 14.3. The van der Waals surface area contributed by atoms with Crippen molar-refractivity contribution >= 4 is 0 Å². The summed E-state index contributed by atoms with van der Waals surface area (Å²) in [5, 5.41) is 0. The molecule has 4 nitrogen and oxygen atoms in total. The molecule has 4 heteroatoms. The van der Waals surface area contributed by atoms with Crippen LogP contribution in [0.5, 0.6) is 11.5 Å². The van der Waals surface area contributed by atoms with Crippen LogP contribution in [0.4, 0.5) is 0 Å². The van der Waals surface area contributed by atoms with Crippen LogP contribution in [0.15, 0.2) is 45.6 Å². The lowest BCUT2D eigenvalue weighted by Gasteiger charge is -2.06. The molecule has 0 aliphatic heterocycles. The summed E-state index contributed by atoms with van der Waals surface area (Å²) in [6.45, 7) is 6.58. The van der Waals surface area contributed by atoms with Gasteiger partial charge in [-0.15, -0.1) is 0 Å². The Hall–Kier alpha value is -2.67. The van der Waals surface area contributed by atoms with E-state index in [0.29, 0.717) is 24.0 Å². The quantitative estimate of drug-likeness (QED) is 0.761. The number of rotatable bonds is 6. The second kappa shape index (κ2) is 8.83. The van der Waals surface area contributed by atoms with E-state index < -0.39 is 5.63 Å². The van der Waals surface area contributed by atoms with Crippen LogP contribution >= 0.6 is 0 Å². The highest BCUT2D eigenvalue weighted by Gasteiger charge is 1.99. The van der Waals surface area contributed by atoms with E-state index in [1.54, 1.807) is 13.0 Å². The van der Waals surface area contributed by atoms with E-state index in [2.05, 4.69) is 37.8 Å². The van der Waals surface area contributed by atoms with Crippen molar-refractivity contribution < 1.29 is 13.9 Å². The molecule has 0 aliphatic rings. The molecule has 24 heavy (non-hydrogen) atoms. The summed E-state index contributed by atoms with van der Waals surface area (Å²) in [6.07, 6.45) is 1.06. The van der Waals surface area contributed by atoms with E-state index in [1.807, 2.05) is 12.1 Å². The zero-order valence-electron chi connectivity index (χ0n) is 14.3. The highest BCUT2D eigenvalue weighted by atomic mass is 16.5. The molecule has 0 spiro atoms. The van der Waals surface area contributed by atoms with Gasteiger partial charge < -0.3 is 13.9 Å². The number of hydrogen-bond acceptors (Lipinski definition) is 4. The molecule has 2 rings (SSSR count). The maximum Gasteiger partial charge on any atom is 0.339 e. The fourth-order valence-electron chi connectivity index (χ4n) is 2.19. The molecule has 0 radical (unpaired) electrons. The third-order valence-corrected chi connectivity index (χ3v) is 3.18. The van der Waals surface area contributed by atoms with Gasteiger partial charge in [0.25, 0.3) is 0 Å². The van der Waals surface area contributed by atoms with E-state index >= 15 is 0 Å². The van der Waals surface area contributed by atoms with Gasteiger partial charge in [-0.3, -0.25) is 0 Å². The average Bonchev–Trinajstić information content (AvgIpc) is 2.51. The monoisotopic (exact) mass is 326 g/mol. The first-order chi connectivity index (χ1) is 11.5. The minimum absolute atomic E-state index is 0.194. The van der Waals surface area contributed by atoms with Crippen molar-refractivity contribution in [2.24, 2.45) is 5.92 Å². The number of hydrogen-bond donors (Lipinski definition) is 0. The molecular weight excluding hydrogens is 304 g/mol. The van der Waals surface area contributed by atoms with E-state index in [1.165, 1.54) is 11.6 Å². The summed E-state index contributed by atoms with van der Waals surface area (Å²) in [4.78, 5) is 11.2. The van der Waals surface area contributed by atoms with E-state index in [-0.39, 0.29) is 6.61 Å². The molecule has 1 aromatic heterocycles. The highest BCUT2D eigenvalue weighted by molar-refractivity contribution is 5.28. The smallest absolute Gasteiger partial charge is 0.339 e. The van der Waals surface area contributed by atoms with Gasteiger partial charge in [0.1, 0.15) is 30.5 Å². The second-order valence-corrected chi connectivity index (χ2v) is 5.90. The Kier molecular flexibility index (Phi) is 6.51. The van der Waals surface area contributed by atoms with Gasteiger partial charge in [-0.25, -0.2) is 4.79 Å². The first-order valence-electron chi connectivity index (χ1n) is 7.95. The molecule has 1 heterocycles. The lowest BCUT2D eigenvalue weighted by atomic mass is 10.0. The van der Waals surface area contributed by atoms with Crippen LogP contribution in [-0.4, -0.2) is 13.2 Å². The summed E-state index contributed by atoms with van der Waals surface area (Å²) in [5.74, 6) is 8.14. The number of aryl methyl sites for hydroxylation is 1. The Balaban J connectivity index is 1.74. The fourth-order valence-corrected chi connectivity index (χ4v) is 2.19. The predicted molar refractivity (Wildman–Crippen MR) is 93.5 cm³/mol. The van der Waals surface area contributed by atoms with Crippen LogP contribution in [0.2, 0.25) is 0 Å². The van der Waals surface area contributed by atoms with Crippen LogP contribution in [0.3, 0.4) is 0 Å². The Morgan fingerprint density at radius 2 is 1.62 bits per heavy atom. The molecule has 0 N–H and O–H groups in total. The average molecular weight is 326 g/mol. The molecule has 0 aliphatic carbocycles. The van der Waals surface area contributed by atoms with Gasteiger partial charge >= 0.3 is 5.63 Å². The van der Waals surface area contributed by atoms with Gasteiger partial charge in [-0.1, -0.05) is 37.8 Å². The van der Waals surface area contributed by atoms with Gasteiger partial charge in [0, 0.05) is 6.07 Å². The maximum absolute atomic E-state index is 11.2. The lowest BCUT2D eigenvalue weighted by Crippen LogP contribution is -2.02. The molecule has 2 aromatic rings. The Morgan fingerprint density at radius 1 is 1.00 bits per heavy atom. The maximum atomic E-state index is 11.2. The number of benzene rings is 1. The molecule has 0 saturated carbocycles.